The number of carbonyl (C=O) groups excluding carboxylic acids is 1. The number of hydrogen-bond donors (Lipinski definition) is 0. The van der Waals surface area contributed by atoms with Gasteiger partial charge < -0.3 is 18.9 Å². The van der Waals surface area contributed by atoms with Gasteiger partial charge in [-0.1, -0.05) is 18.1 Å². The Bertz CT molecular complexity index is 1030. The first-order valence-electron chi connectivity index (χ1n) is 10.1. The molecule has 0 bridgehead atoms. The molecule has 2 aromatic carbocycles. The van der Waals surface area contributed by atoms with Crippen LogP contribution in [0.25, 0.3) is 11.4 Å². The minimum atomic E-state index is -0.142. The van der Waals surface area contributed by atoms with Crippen molar-refractivity contribution in [2.24, 2.45) is 0 Å². The fourth-order valence-corrected chi connectivity index (χ4v) is 3.55. The van der Waals surface area contributed by atoms with Gasteiger partial charge in [0.15, 0.2) is 0 Å². The second-order valence-electron chi connectivity index (χ2n) is 7.39. The Morgan fingerprint density at radius 2 is 1.93 bits per heavy atom. The van der Waals surface area contributed by atoms with Gasteiger partial charge in [0.05, 0.1) is 25.3 Å². The summed E-state index contributed by atoms with van der Waals surface area (Å²) in [5, 5.41) is 4.11. The van der Waals surface area contributed by atoms with Gasteiger partial charge in [-0.05, 0) is 49.2 Å². The van der Waals surface area contributed by atoms with Gasteiger partial charge in [0.25, 0.3) is 0 Å². The third-order valence-electron chi connectivity index (χ3n) is 5.21. The fourth-order valence-electron chi connectivity index (χ4n) is 3.55. The summed E-state index contributed by atoms with van der Waals surface area (Å²) in [7, 11) is 1.62. The Kier molecular flexibility index (Phi) is 5.70. The summed E-state index contributed by atoms with van der Waals surface area (Å²) in [6, 6.07) is 13.3. The van der Waals surface area contributed by atoms with E-state index in [0.717, 1.165) is 34.7 Å². The van der Waals surface area contributed by atoms with E-state index in [-0.39, 0.29) is 11.8 Å². The van der Waals surface area contributed by atoms with Gasteiger partial charge in [0.1, 0.15) is 11.5 Å². The largest absolute Gasteiger partial charge is 0.497 e. The lowest BCUT2D eigenvalue weighted by atomic mass is 10.1. The summed E-state index contributed by atoms with van der Waals surface area (Å²) in [6.07, 6.45) is 1.30. The summed E-state index contributed by atoms with van der Waals surface area (Å²) in [5.41, 5.74) is 2.71. The molecule has 0 spiro atoms. The van der Waals surface area contributed by atoms with Crippen LogP contribution in [0.1, 0.15) is 37.1 Å². The zero-order valence-corrected chi connectivity index (χ0v) is 17.4. The van der Waals surface area contributed by atoms with Crippen LogP contribution in [0.2, 0.25) is 0 Å². The summed E-state index contributed by atoms with van der Waals surface area (Å²) in [5.74, 6) is 2.42. The second-order valence-corrected chi connectivity index (χ2v) is 7.39. The van der Waals surface area contributed by atoms with Crippen molar-refractivity contribution in [3.63, 3.8) is 0 Å². The standard InChI is InChI=1S/C23H25N3O4/c1-4-11-29-18-9-6-16(7-10-18)22-24-23(30-25-22)17-12-21(27)26(14-17)20-13-19(28-3)8-5-15(20)2/h5-10,13,17H,4,11-12,14H2,1-3H3. The van der Waals surface area contributed by atoms with E-state index in [2.05, 4.69) is 17.1 Å². The predicted octanol–water partition coefficient (Wildman–Crippen LogP) is 4.36. The monoisotopic (exact) mass is 407 g/mol. The van der Waals surface area contributed by atoms with E-state index >= 15 is 0 Å². The lowest BCUT2D eigenvalue weighted by molar-refractivity contribution is -0.117. The summed E-state index contributed by atoms with van der Waals surface area (Å²) < 4.78 is 16.4. The molecule has 4 rings (SSSR count). The van der Waals surface area contributed by atoms with Gasteiger partial charge in [0, 0.05) is 24.6 Å². The number of rotatable bonds is 7. The summed E-state index contributed by atoms with van der Waals surface area (Å²) in [6.45, 7) is 5.23. The van der Waals surface area contributed by atoms with Crippen LogP contribution < -0.4 is 14.4 Å². The highest BCUT2D eigenvalue weighted by Gasteiger charge is 2.36. The zero-order valence-electron chi connectivity index (χ0n) is 17.4. The molecule has 0 saturated carbocycles. The molecule has 1 aromatic heterocycles. The quantitative estimate of drug-likeness (QED) is 0.579. The Hall–Kier alpha value is -3.35. The van der Waals surface area contributed by atoms with Crippen molar-refractivity contribution < 1.29 is 18.8 Å². The third kappa shape index (κ3) is 4.01. The minimum Gasteiger partial charge on any atom is -0.497 e. The van der Waals surface area contributed by atoms with Gasteiger partial charge in [0.2, 0.25) is 17.6 Å². The van der Waals surface area contributed by atoms with E-state index in [9.17, 15) is 4.79 Å². The molecule has 1 aliphatic heterocycles. The Morgan fingerprint density at radius 3 is 2.67 bits per heavy atom. The molecule has 30 heavy (non-hydrogen) atoms. The number of ether oxygens (including phenoxy) is 2. The number of methoxy groups -OCH3 is 1. The summed E-state index contributed by atoms with van der Waals surface area (Å²) >= 11 is 0. The average Bonchev–Trinajstić information content (AvgIpc) is 3.40. The maximum Gasteiger partial charge on any atom is 0.232 e. The number of carbonyl (C=O) groups is 1. The first-order chi connectivity index (χ1) is 14.6. The molecule has 156 valence electrons. The third-order valence-corrected chi connectivity index (χ3v) is 5.21. The van der Waals surface area contributed by atoms with Crippen molar-refractivity contribution in [3.05, 3.63) is 53.9 Å². The average molecular weight is 407 g/mol. The van der Waals surface area contributed by atoms with Crippen molar-refractivity contribution in [1.82, 2.24) is 10.1 Å². The molecule has 1 aliphatic rings. The number of benzene rings is 2. The van der Waals surface area contributed by atoms with Crippen LogP contribution in [-0.2, 0) is 4.79 Å². The first kappa shape index (κ1) is 19.9. The molecule has 0 N–H and O–H groups in total. The number of nitrogens with zero attached hydrogens (tertiary/aromatic N) is 3. The second kappa shape index (κ2) is 8.57. The highest BCUT2D eigenvalue weighted by Crippen LogP contribution is 2.35. The van der Waals surface area contributed by atoms with Crippen LogP contribution >= 0.6 is 0 Å². The molecule has 1 amide bonds. The van der Waals surface area contributed by atoms with E-state index < -0.39 is 0 Å². The van der Waals surface area contributed by atoms with Crippen molar-refractivity contribution in [2.75, 3.05) is 25.2 Å². The molecule has 1 unspecified atom stereocenters. The molecule has 0 radical (unpaired) electrons. The van der Waals surface area contributed by atoms with Crippen LogP contribution in [0.15, 0.2) is 47.0 Å². The molecule has 3 aromatic rings. The lowest BCUT2D eigenvalue weighted by Gasteiger charge is -2.19. The normalized spacial score (nSPS) is 16.2. The van der Waals surface area contributed by atoms with Gasteiger partial charge in [-0.25, -0.2) is 0 Å². The fraction of sp³-hybridized carbons (Fsp3) is 0.348. The zero-order chi connectivity index (χ0) is 21.1. The maximum atomic E-state index is 12.7. The van der Waals surface area contributed by atoms with Crippen molar-refractivity contribution in [3.8, 4) is 22.9 Å². The van der Waals surface area contributed by atoms with Crippen molar-refractivity contribution in [2.45, 2.75) is 32.6 Å². The Morgan fingerprint density at radius 1 is 1.17 bits per heavy atom. The molecule has 7 nitrogen and oxygen atoms in total. The van der Waals surface area contributed by atoms with Gasteiger partial charge in [-0.15, -0.1) is 0 Å². The smallest absolute Gasteiger partial charge is 0.232 e. The predicted molar refractivity (Wildman–Crippen MR) is 113 cm³/mol. The Balaban J connectivity index is 1.50. The SMILES string of the molecule is CCCOc1ccc(-c2noc(C3CC(=O)N(c4cc(OC)ccc4C)C3)n2)cc1. The molecule has 0 aliphatic carbocycles. The summed E-state index contributed by atoms with van der Waals surface area (Å²) in [4.78, 5) is 19.0. The number of anilines is 1. The molecule has 7 heteroatoms. The van der Waals surface area contributed by atoms with E-state index in [4.69, 9.17) is 14.0 Å². The number of aryl methyl sites for hydroxylation is 1. The maximum absolute atomic E-state index is 12.7. The lowest BCUT2D eigenvalue weighted by Crippen LogP contribution is -2.25. The minimum absolute atomic E-state index is 0.0357. The number of amides is 1. The molecule has 1 atom stereocenters. The highest BCUT2D eigenvalue weighted by atomic mass is 16.5. The molecule has 2 heterocycles. The van der Waals surface area contributed by atoms with Gasteiger partial charge in [-0.2, -0.15) is 4.98 Å². The Labute approximate surface area is 175 Å². The van der Waals surface area contributed by atoms with Gasteiger partial charge in [-0.3, -0.25) is 4.79 Å². The van der Waals surface area contributed by atoms with E-state index in [0.29, 0.717) is 31.3 Å². The van der Waals surface area contributed by atoms with Crippen LogP contribution in [-0.4, -0.2) is 36.3 Å². The molecule has 1 saturated heterocycles. The highest BCUT2D eigenvalue weighted by molar-refractivity contribution is 5.97. The number of hydrogen-bond acceptors (Lipinski definition) is 6. The van der Waals surface area contributed by atoms with Crippen LogP contribution in [0.3, 0.4) is 0 Å². The van der Waals surface area contributed by atoms with Crippen LogP contribution in [0, 0.1) is 6.92 Å². The van der Waals surface area contributed by atoms with E-state index in [1.54, 1.807) is 12.0 Å². The van der Waals surface area contributed by atoms with Crippen molar-refractivity contribution >= 4 is 11.6 Å². The van der Waals surface area contributed by atoms with E-state index in [1.165, 1.54) is 0 Å². The first-order valence-corrected chi connectivity index (χ1v) is 10.1. The molecule has 1 fully saturated rings. The molecular weight excluding hydrogens is 382 g/mol. The topological polar surface area (TPSA) is 77.7 Å². The molecular formula is C23H25N3O4. The van der Waals surface area contributed by atoms with Crippen LogP contribution in [0.4, 0.5) is 5.69 Å². The van der Waals surface area contributed by atoms with Crippen LogP contribution in [0.5, 0.6) is 11.5 Å². The number of aromatic nitrogens is 2. The van der Waals surface area contributed by atoms with Crippen molar-refractivity contribution in [1.29, 1.82) is 0 Å². The van der Waals surface area contributed by atoms with Gasteiger partial charge >= 0.3 is 0 Å². The van der Waals surface area contributed by atoms with E-state index in [1.807, 2.05) is 49.4 Å².